The molecule has 3 aromatic rings. The van der Waals surface area contributed by atoms with Gasteiger partial charge in [0, 0.05) is 17.5 Å². The van der Waals surface area contributed by atoms with Crippen LogP contribution in [0.3, 0.4) is 0 Å². The molecule has 124 valence electrons. The SMILES string of the molecule is CC[C@H]1CCCCN1c1ncnc2cc(-c3ccc(F)cc3)sc12. The van der Waals surface area contributed by atoms with E-state index in [4.69, 9.17) is 0 Å². The molecule has 2 aromatic heterocycles. The van der Waals surface area contributed by atoms with E-state index in [9.17, 15) is 4.39 Å². The van der Waals surface area contributed by atoms with Crippen LogP contribution in [0.25, 0.3) is 20.7 Å². The zero-order valence-corrected chi connectivity index (χ0v) is 14.5. The van der Waals surface area contributed by atoms with E-state index in [1.54, 1.807) is 17.7 Å². The Labute approximate surface area is 145 Å². The molecule has 0 amide bonds. The van der Waals surface area contributed by atoms with Gasteiger partial charge in [-0.1, -0.05) is 19.1 Å². The smallest absolute Gasteiger partial charge is 0.150 e. The Kier molecular flexibility index (Phi) is 4.19. The number of fused-ring (bicyclic) bond motifs is 1. The van der Waals surface area contributed by atoms with Gasteiger partial charge in [0.15, 0.2) is 0 Å². The maximum Gasteiger partial charge on any atom is 0.150 e. The maximum absolute atomic E-state index is 13.2. The summed E-state index contributed by atoms with van der Waals surface area (Å²) in [6, 6.07) is 9.30. The molecule has 1 aromatic carbocycles. The van der Waals surface area contributed by atoms with E-state index in [-0.39, 0.29) is 5.82 Å². The molecule has 24 heavy (non-hydrogen) atoms. The van der Waals surface area contributed by atoms with Crippen LogP contribution < -0.4 is 4.90 Å². The van der Waals surface area contributed by atoms with Gasteiger partial charge in [-0.2, -0.15) is 0 Å². The summed E-state index contributed by atoms with van der Waals surface area (Å²) < 4.78 is 14.3. The van der Waals surface area contributed by atoms with Crippen LogP contribution in [-0.2, 0) is 0 Å². The first kappa shape index (κ1) is 15.5. The van der Waals surface area contributed by atoms with Crippen molar-refractivity contribution in [3.05, 3.63) is 42.5 Å². The summed E-state index contributed by atoms with van der Waals surface area (Å²) in [7, 11) is 0. The van der Waals surface area contributed by atoms with Crippen molar-refractivity contribution >= 4 is 27.4 Å². The third kappa shape index (κ3) is 2.77. The van der Waals surface area contributed by atoms with Gasteiger partial charge in [-0.15, -0.1) is 11.3 Å². The van der Waals surface area contributed by atoms with Crippen LogP contribution in [0.15, 0.2) is 36.7 Å². The van der Waals surface area contributed by atoms with E-state index in [1.165, 1.54) is 31.4 Å². The minimum absolute atomic E-state index is 0.209. The van der Waals surface area contributed by atoms with Crippen molar-refractivity contribution < 1.29 is 4.39 Å². The van der Waals surface area contributed by atoms with E-state index < -0.39 is 0 Å². The van der Waals surface area contributed by atoms with Crippen LogP contribution in [0.5, 0.6) is 0 Å². The predicted molar refractivity (Wildman–Crippen MR) is 98.1 cm³/mol. The summed E-state index contributed by atoms with van der Waals surface area (Å²) >= 11 is 1.70. The molecule has 5 heteroatoms. The number of hydrogen-bond acceptors (Lipinski definition) is 4. The molecule has 0 N–H and O–H groups in total. The molecule has 0 radical (unpaired) electrons. The van der Waals surface area contributed by atoms with Crippen LogP contribution in [0.2, 0.25) is 0 Å². The number of benzene rings is 1. The molecule has 1 fully saturated rings. The fraction of sp³-hybridized carbons (Fsp3) is 0.368. The summed E-state index contributed by atoms with van der Waals surface area (Å²) in [6.07, 6.45) is 6.56. The molecule has 4 rings (SSSR count). The highest BCUT2D eigenvalue weighted by molar-refractivity contribution is 7.22. The highest BCUT2D eigenvalue weighted by Gasteiger charge is 2.24. The second-order valence-corrected chi connectivity index (χ2v) is 7.33. The van der Waals surface area contributed by atoms with E-state index in [0.717, 1.165) is 39.4 Å². The van der Waals surface area contributed by atoms with Crippen molar-refractivity contribution in [1.29, 1.82) is 0 Å². The fourth-order valence-corrected chi connectivity index (χ4v) is 4.63. The number of halogens is 1. The second-order valence-electron chi connectivity index (χ2n) is 6.28. The molecule has 0 aliphatic carbocycles. The molecule has 1 aliphatic rings. The number of hydrogen-bond donors (Lipinski definition) is 0. The highest BCUT2D eigenvalue weighted by atomic mass is 32.1. The lowest BCUT2D eigenvalue weighted by molar-refractivity contribution is 0.448. The van der Waals surface area contributed by atoms with Gasteiger partial charge in [-0.05, 0) is 49.4 Å². The highest BCUT2D eigenvalue weighted by Crippen LogP contribution is 2.38. The van der Waals surface area contributed by atoms with Gasteiger partial charge in [0.2, 0.25) is 0 Å². The van der Waals surface area contributed by atoms with Gasteiger partial charge < -0.3 is 4.90 Å². The largest absolute Gasteiger partial charge is 0.352 e. The lowest BCUT2D eigenvalue weighted by atomic mass is 10.00. The minimum Gasteiger partial charge on any atom is -0.352 e. The van der Waals surface area contributed by atoms with Gasteiger partial charge >= 0.3 is 0 Å². The molecular weight excluding hydrogens is 321 g/mol. The molecule has 1 aliphatic heterocycles. The minimum atomic E-state index is -0.209. The van der Waals surface area contributed by atoms with Gasteiger partial charge in [-0.25, -0.2) is 14.4 Å². The van der Waals surface area contributed by atoms with Crippen molar-refractivity contribution in [1.82, 2.24) is 9.97 Å². The van der Waals surface area contributed by atoms with Crippen molar-refractivity contribution in [3.8, 4) is 10.4 Å². The number of piperidine rings is 1. The van der Waals surface area contributed by atoms with Crippen molar-refractivity contribution in [3.63, 3.8) is 0 Å². The summed E-state index contributed by atoms with van der Waals surface area (Å²) in [4.78, 5) is 12.6. The first-order valence-electron chi connectivity index (χ1n) is 8.53. The monoisotopic (exact) mass is 341 g/mol. The zero-order valence-electron chi connectivity index (χ0n) is 13.7. The zero-order chi connectivity index (χ0) is 16.5. The Morgan fingerprint density at radius 3 is 2.83 bits per heavy atom. The molecule has 1 atom stereocenters. The average Bonchev–Trinajstić information content (AvgIpc) is 3.06. The summed E-state index contributed by atoms with van der Waals surface area (Å²) in [5.41, 5.74) is 2.00. The molecular formula is C19H20FN3S. The van der Waals surface area contributed by atoms with Crippen LogP contribution in [0, 0.1) is 5.82 Å². The van der Waals surface area contributed by atoms with Gasteiger partial charge in [-0.3, -0.25) is 0 Å². The Hall–Kier alpha value is -2.01. The summed E-state index contributed by atoms with van der Waals surface area (Å²) in [5, 5.41) is 0. The topological polar surface area (TPSA) is 29.0 Å². The first-order valence-corrected chi connectivity index (χ1v) is 9.35. The Morgan fingerprint density at radius 1 is 1.21 bits per heavy atom. The number of thiophene rings is 1. The number of aromatic nitrogens is 2. The Morgan fingerprint density at radius 2 is 2.04 bits per heavy atom. The lowest BCUT2D eigenvalue weighted by Crippen LogP contribution is -2.39. The normalized spacial score (nSPS) is 18.2. The van der Waals surface area contributed by atoms with Gasteiger partial charge in [0.05, 0.1) is 10.2 Å². The molecule has 0 saturated carbocycles. The number of rotatable bonds is 3. The van der Waals surface area contributed by atoms with E-state index >= 15 is 0 Å². The molecule has 0 spiro atoms. The predicted octanol–water partition coefficient (Wildman–Crippen LogP) is 5.27. The third-order valence-electron chi connectivity index (χ3n) is 4.79. The lowest BCUT2D eigenvalue weighted by Gasteiger charge is -2.36. The van der Waals surface area contributed by atoms with Crippen molar-refractivity contribution in [2.45, 2.75) is 38.6 Å². The van der Waals surface area contributed by atoms with Gasteiger partial charge in [0.25, 0.3) is 0 Å². The summed E-state index contributed by atoms with van der Waals surface area (Å²) in [6.45, 7) is 3.31. The molecule has 3 nitrogen and oxygen atoms in total. The van der Waals surface area contributed by atoms with Crippen molar-refractivity contribution in [2.24, 2.45) is 0 Å². The quantitative estimate of drug-likeness (QED) is 0.650. The maximum atomic E-state index is 13.2. The second kappa shape index (κ2) is 6.48. The molecule has 0 bridgehead atoms. The van der Waals surface area contributed by atoms with Crippen molar-refractivity contribution in [2.75, 3.05) is 11.4 Å². The van der Waals surface area contributed by atoms with Crippen LogP contribution in [-0.4, -0.2) is 22.6 Å². The number of anilines is 1. The van der Waals surface area contributed by atoms with Crippen LogP contribution in [0.4, 0.5) is 10.2 Å². The van der Waals surface area contributed by atoms with E-state index in [2.05, 4.69) is 27.9 Å². The Bertz CT molecular complexity index is 843. The molecule has 3 heterocycles. The number of nitrogens with zero attached hydrogens (tertiary/aromatic N) is 3. The van der Waals surface area contributed by atoms with Gasteiger partial charge in [0.1, 0.15) is 18.0 Å². The summed E-state index contributed by atoms with van der Waals surface area (Å²) in [5.74, 6) is 0.851. The standard InChI is InChI=1S/C19H20FN3S/c1-2-15-5-3-4-10-23(15)19-18-16(21-12-22-19)11-17(24-18)13-6-8-14(20)9-7-13/h6-9,11-12,15H,2-5,10H2,1H3/t15-/m0/s1. The molecule has 0 unspecified atom stereocenters. The first-order chi connectivity index (χ1) is 11.8. The fourth-order valence-electron chi connectivity index (χ4n) is 3.51. The Balaban J connectivity index is 1.78. The van der Waals surface area contributed by atoms with Crippen LogP contribution >= 0.6 is 11.3 Å². The van der Waals surface area contributed by atoms with E-state index in [0.29, 0.717) is 6.04 Å². The molecule has 1 saturated heterocycles. The van der Waals surface area contributed by atoms with Crippen LogP contribution in [0.1, 0.15) is 32.6 Å². The average molecular weight is 341 g/mol. The van der Waals surface area contributed by atoms with E-state index in [1.807, 2.05) is 12.1 Å². The third-order valence-corrected chi connectivity index (χ3v) is 5.96.